The van der Waals surface area contributed by atoms with E-state index in [0.717, 1.165) is 22.5 Å². The Morgan fingerprint density at radius 1 is 1.20 bits per heavy atom. The fraction of sp³-hybridized carbons (Fsp3) is 0.455. The maximum Gasteiger partial charge on any atom is 0.349 e. The Labute approximate surface area is 179 Å². The van der Waals surface area contributed by atoms with E-state index in [1.165, 1.54) is 18.3 Å². The van der Waals surface area contributed by atoms with Crippen LogP contribution >= 0.6 is 11.3 Å². The molecule has 3 rings (SSSR count). The number of fused-ring (bicyclic) bond motifs is 1. The van der Waals surface area contributed by atoms with Crippen molar-refractivity contribution in [3.8, 4) is 0 Å². The number of carbonyl (C=O) groups excluding carboxylic acids is 3. The van der Waals surface area contributed by atoms with E-state index in [1.54, 1.807) is 26.8 Å². The van der Waals surface area contributed by atoms with Crippen LogP contribution in [0.1, 0.15) is 75.2 Å². The van der Waals surface area contributed by atoms with Gasteiger partial charge in [0.2, 0.25) is 5.78 Å². The highest BCUT2D eigenvalue weighted by Crippen LogP contribution is 2.30. The lowest BCUT2D eigenvalue weighted by atomic mass is 10.0. The van der Waals surface area contributed by atoms with Crippen LogP contribution in [-0.4, -0.2) is 38.4 Å². The van der Waals surface area contributed by atoms with E-state index in [4.69, 9.17) is 4.74 Å². The van der Waals surface area contributed by atoms with Gasteiger partial charge in [-0.25, -0.2) is 4.79 Å². The lowest BCUT2D eigenvalue weighted by Gasteiger charge is -2.11. The summed E-state index contributed by atoms with van der Waals surface area (Å²) < 4.78 is 7.38. The van der Waals surface area contributed by atoms with Crippen LogP contribution in [0.25, 0.3) is 10.2 Å². The molecular weight excluding hydrogens is 402 g/mol. The van der Waals surface area contributed by atoms with Crippen molar-refractivity contribution < 1.29 is 19.1 Å². The van der Waals surface area contributed by atoms with Gasteiger partial charge in [0.15, 0.2) is 11.9 Å². The summed E-state index contributed by atoms with van der Waals surface area (Å²) in [5, 5.41) is 5.47. The van der Waals surface area contributed by atoms with E-state index < -0.39 is 12.1 Å². The first-order valence-electron chi connectivity index (χ1n) is 9.93. The van der Waals surface area contributed by atoms with Crippen LogP contribution in [-0.2, 0) is 11.3 Å². The predicted molar refractivity (Wildman–Crippen MR) is 117 cm³/mol. The summed E-state index contributed by atoms with van der Waals surface area (Å²) in [7, 11) is 0. The zero-order valence-electron chi connectivity index (χ0n) is 18.4. The van der Waals surface area contributed by atoms with Crippen LogP contribution in [0, 0.1) is 26.7 Å². The summed E-state index contributed by atoms with van der Waals surface area (Å²) >= 11 is 1.32. The number of ether oxygens (including phenoxy) is 1. The summed E-state index contributed by atoms with van der Waals surface area (Å²) in [4.78, 5) is 41.7. The van der Waals surface area contributed by atoms with Gasteiger partial charge in [-0.05, 0) is 52.2 Å². The molecule has 1 atom stereocenters. The van der Waals surface area contributed by atoms with Gasteiger partial charge >= 0.3 is 5.97 Å². The number of ketones is 2. The monoisotopic (exact) mass is 429 g/mol. The van der Waals surface area contributed by atoms with Gasteiger partial charge in [-0.2, -0.15) is 5.10 Å². The number of thiophene rings is 1. The smallest absolute Gasteiger partial charge is 0.349 e. The molecule has 3 aromatic heterocycles. The van der Waals surface area contributed by atoms with Crippen LogP contribution in [0.4, 0.5) is 0 Å². The number of aromatic nitrogens is 3. The van der Waals surface area contributed by atoms with Crippen molar-refractivity contribution in [3.63, 3.8) is 0 Å². The highest BCUT2D eigenvalue weighted by Gasteiger charge is 2.27. The Morgan fingerprint density at radius 2 is 1.87 bits per heavy atom. The molecule has 3 aromatic rings. The Balaban J connectivity index is 1.81. The first kappa shape index (κ1) is 22.0. The molecule has 8 heteroatoms. The third kappa shape index (κ3) is 3.96. The van der Waals surface area contributed by atoms with Crippen LogP contribution in [0.15, 0.2) is 6.07 Å². The number of aromatic amines is 1. The molecule has 0 unspecified atom stereocenters. The summed E-state index contributed by atoms with van der Waals surface area (Å²) in [6.07, 6.45) is -0.979. The topological polar surface area (TPSA) is 94.0 Å². The standard InChI is InChI=1S/C22H27N3O4S/c1-10(2)9-25-21-16(12(4)24-25)8-17(30-21)22(28)29-15(7)20(27)19-11(3)18(14(6)26)13(5)23-19/h8,10,15,23H,9H2,1-7H3/t15-/m1/s1. The van der Waals surface area contributed by atoms with Crippen LogP contribution in [0.3, 0.4) is 0 Å². The fourth-order valence-electron chi connectivity index (χ4n) is 3.68. The van der Waals surface area contributed by atoms with Crippen LogP contribution in [0.2, 0.25) is 0 Å². The molecule has 3 heterocycles. The van der Waals surface area contributed by atoms with Gasteiger partial charge in [0.25, 0.3) is 0 Å². The Hall–Kier alpha value is -2.74. The van der Waals surface area contributed by atoms with Gasteiger partial charge in [0.1, 0.15) is 9.71 Å². The van der Waals surface area contributed by atoms with E-state index >= 15 is 0 Å². The first-order valence-corrected chi connectivity index (χ1v) is 10.7. The molecule has 0 saturated heterocycles. The number of hydrogen-bond acceptors (Lipinski definition) is 6. The van der Waals surface area contributed by atoms with Gasteiger partial charge in [-0.3, -0.25) is 14.3 Å². The number of Topliss-reactive ketones (excluding diaryl/α,β-unsaturated/α-hetero) is 2. The van der Waals surface area contributed by atoms with Crippen molar-refractivity contribution in [2.24, 2.45) is 5.92 Å². The largest absolute Gasteiger partial charge is 0.450 e. The highest BCUT2D eigenvalue weighted by molar-refractivity contribution is 7.20. The lowest BCUT2D eigenvalue weighted by molar-refractivity contribution is 0.0321. The normalized spacial score (nSPS) is 12.5. The molecule has 0 amide bonds. The number of nitrogens with one attached hydrogen (secondary N) is 1. The van der Waals surface area contributed by atoms with Gasteiger partial charge < -0.3 is 9.72 Å². The number of hydrogen-bond donors (Lipinski definition) is 1. The number of carbonyl (C=O) groups is 3. The average Bonchev–Trinajstić information content (AvgIpc) is 3.28. The van der Waals surface area contributed by atoms with Gasteiger partial charge in [0.05, 0.1) is 11.4 Å². The summed E-state index contributed by atoms with van der Waals surface area (Å²) in [5.41, 5.74) is 2.89. The molecule has 0 aromatic carbocycles. The third-order valence-corrected chi connectivity index (χ3v) is 6.16. The molecule has 0 radical (unpaired) electrons. The van der Waals surface area contributed by atoms with E-state index in [0.29, 0.717) is 33.3 Å². The predicted octanol–water partition coefficient (Wildman–Crippen LogP) is 4.64. The number of H-pyrrole nitrogens is 1. The van der Waals surface area contributed by atoms with Crippen molar-refractivity contribution >= 4 is 39.1 Å². The second-order valence-corrected chi connectivity index (χ2v) is 9.11. The molecule has 160 valence electrons. The fourth-order valence-corrected chi connectivity index (χ4v) is 4.74. The SMILES string of the molecule is CC(=O)c1c(C)[nH]c(C(=O)[C@@H](C)OC(=O)c2cc3c(C)nn(CC(C)C)c3s2)c1C. The van der Waals surface area contributed by atoms with E-state index in [9.17, 15) is 14.4 Å². The Kier molecular flexibility index (Phi) is 5.99. The maximum atomic E-state index is 12.8. The Morgan fingerprint density at radius 3 is 2.43 bits per heavy atom. The van der Waals surface area contributed by atoms with Crippen molar-refractivity contribution in [2.75, 3.05) is 0 Å². The minimum atomic E-state index is -0.979. The summed E-state index contributed by atoms with van der Waals surface area (Å²) in [5.74, 6) is -0.587. The van der Waals surface area contributed by atoms with Crippen LogP contribution in [0.5, 0.6) is 0 Å². The zero-order chi connectivity index (χ0) is 22.3. The van der Waals surface area contributed by atoms with E-state index in [1.807, 2.05) is 11.6 Å². The van der Waals surface area contributed by atoms with Gasteiger partial charge in [-0.1, -0.05) is 13.8 Å². The summed E-state index contributed by atoms with van der Waals surface area (Å²) in [6.45, 7) is 13.4. The van der Waals surface area contributed by atoms with Gasteiger partial charge in [0, 0.05) is 23.2 Å². The molecule has 1 N–H and O–H groups in total. The number of esters is 1. The summed E-state index contributed by atoms with van der Waals surface area (Å²) in [6, 6.07) is 1.77. The molecule has 0 fully saturated rings. The van der Waals surface area contributed by atoms with E-state index in [2.05, 4.69) is 23.9 Å². The highest BCUT2D eigenvalue weighted by atomic mass is 32.1. The van der Waals surface area contributed by atoms with E-state index in [-0.39, 0.29) is 11.6 Å². The van der Waals surface area contributed by atoms with Crippen LogP contribution < -0.4 is 0 Å². The average molecular weight is 430 g/mol. The van der Waals surface area contributed by atoms with Crippen molar-refractivity contribution in [2.45, 2.75) is 61.1 Å². The molecule has 0 spiro atoms. The molecule has 0 saturated carbocycles. The second kappa shape index (κ2) is 8.18. The molecule has 0 aliphatic carbocycles. The van der Waals surface area contributed by atoms with Crippen molar-refractivity contribution in [1.29, 1.82) is 0 Å². The number of rotatable bonds is 7. The molecule has 0 aliphatic heterocycles. The minimum absolute atomic E-state index is 0.110. The number of aryl methyl sites for hydroxylation is 2. The van der Waals surface area contributed by atoms with Crippen molar-refractivity contribution in [3.05, 3.63) is 39.2 Å². The quantitative estimate of drug-likeness (QED) is 0.436. The third-order valence-electron chi connectivity index (χ3n) is 5.04. The zero-order valence-corrected chi connectivity index (χ0v) is 19.2. The molecular formula is C22H27N3O4S. The lowest BCUT2D eigenvalue weighted by Crippen LogP contribution is -2.25. The first-order chi connectivity index (χ1) is 14.0. The maximum absolute atomic E-state index is 12.8. The molecule has 30 heavy (non-hydrogen) atoms. The molecule has 0 bridgehead atoms. The molecule has 0 aliphatic rings. The molecule has 7 nitrogen and oxygen atoms in total. The van der Waals surface area contributed by atoms with Crippen molar-refractivity contribution in [1.82, 2.24) is 14.8 Å². The minimum Gasteiger partial charge on any atom is -0.450 e. The number of nitrogens with zero attached hydrogens (tertiary/aromatic N) is 2. The Bertz CT molecular complexity index is 1150. The second-order valence-electron chi connectivity index (χ2n) is 8.08. The van der Waals surface area contributed by atoms with Gasteiger partial charge in [-0.15, -0.1) is 11.3 Å².